The van der Waals surface area contributed by atoms with Crippen LogP contribution in [0.15, 0.2) is 107 Å². The molecule has 46 heavy (non-hydrogen) atoms. The van der Waals surface area contributed by atoms with Gasteiger partial charge in [0.05, 0.1) is 11.6 Å². The first-order chi connectivity index (χ1) is 22.3. The van der Waals surface area contributed by atoms with Crippen LogP contribution in [0.3, 0.4) is 0 Å². The number of ether oxygens (including phenoxy) is 1. The molecule has 1 N–H and O–H groups in total. The summed E-state index contributed by atoms with van der Waals surface area (Å²) in [6.45, 7) is 4.48. The SMILES string of the molecule is CCc1ccc(C2/C(=C(\O)c3ccc(OCc4cccc(C)c4)cc3)C(=O)C(=O)N2c2nnc(SCc3ccc(Cl)cc3)s2)cc1. The van der Waals surface area contributed by atoms with Crippen LogP contribution in [0.4, 0.5) is 5.13 Å². The molecule has 2 heterocycles. The summed E-state index contributed by atoms with van der Waals surface area (Å²) in [7, 11) is 0. The fourth-order valence-electron chi connectivity index (χ4n) is 5.20. The molecule has 1 unspecified atom stereocenters. The van der Waals surface area contributed by atoms with Crippen molar-refractivity contribution in [1.82, 2.24) is 10.2 Å². The fraction of sp³-hybridized carbons (Fsp3) is 0.167. The van der Waals surface area contributed by atoms with Gasteiger partial charge in [-0.05, 0) is 72.0 Å². The zero-order valence-corrected chi connectivity index (χ0v) is 27.5. The first kappa shape index (κ1) is 31.5. The van der Waals surface area contributed by atoms with Crippen LogP contribution < -0.4 is 9.64 Å². The number of aliphatic hydroxyl groups excluding tert-OH is 1. The summed E-state index contributed by atoms with van der Waals surface area (Å²) in [5.74, 6) is -0.570. The highest BCUT2D eigenvalue weighted by molar-refractivity contribution is 8.00. The summed E-state index contributed by atoms with van der Waals surface area (Å²) in [4.78, 5) is 28.6. The van der Waals surface area contributed by atoms with Crippen molar-refractivity contribution < 1.29 is 19.4 Å². The lowest BCUT2D eigenvalue weighted by Gasteiger charge is -2.22. The van der Waals surface area contributed by atoms with E-state index in [0.29, 0.717) is 38.6 Å². The molecule has 6 rings (SSSR count). The number of benzene rings is 4. The number of ketones is 1. The third-order valence-corrected chi connectivity index (χ3v) is 10.0. The van der Waals surface area contributed by atoms with Crippen molar-refractivity contribution in [3.63, 3.8) is 0 Å². The Labute approximate surface area is 280 Å². The molecule has 1 aliphatic heterocycles. The Morgan fingerprint density at radius 2 is 1.65 bits per heavy atom. The molecule has 1 fully saturated rings. The number of Topliss-reactive ketones (excluding diaryl/α,β-unsaturated/α-hetero) is 1. The third kappa shape index (κ3) is 6.87. The highest BCUT2D eigenvalue weighted by Crippen LogP contribution is 2.44. The Bertz CT molecular complexity index is 1910. The second-order valence-corrected chi connectivity index (χ2v) is 13.4. The van der Waals surface area contributed by atoms with Crippen molar-refractivity contribution in [3.8, 4) is 5.75 Å². The van der Waals surface area contributed by atoms with E-state index in [9.17, 15) is 14.7 Å². The van der Waals surface area contributed by atoms with Gasteiger partial charge >= 0.3 is 5.91 Å². The Hall–Kier alpha value is -4.44. The highest BCUT2D eigenvalue weighted by atomic mass is 35.5. The zero-order chi connectivity index (χ0) is 32.2. The molecule has 1 atom stereocenters. The number of amides is 1. The number of halogens is 1. The summed E-state index contributed by atoms with van der Waals surface area (Å²) in [5, 5.41) is 21.1. The van der Waals surface area contributed by atoms with E-state index in [0.717, 1.165) is 28.7 Å². The molecule has 5 aromatic rings. The van der Waals surface area contributed by atoms with Crippen LogP contribution in [0.1, 0.15) is 46.3 Å². The average molecular weight is 668 g/mol. The van der Waals surface area contributed by atoms with Crippen LogP contribution in [0, 0.1) is 6.92 Å². The number of aliphatic hydroxyl groups is 1. The number of aromatic nitrogens is 2. The van der Waals surface area contributed by atoms with E-state index in [1.54, 1.807) is 24.3 Å². The molecule has 0 saturated carbocycles. The molecule has 1 amide bonds. The number of anilines is 1. The largest absolute Gasteiger partial charge is 0.507 e. The monoisotopic (exact) mass is 667 g/mol. The molecule has 1 aromatic heterocycles. The van der Waals surface area contributed by atoms with Crippen LogP contribution in [0.2, 0.25) is 5.02 Å². The van der Waals surface area contributed by atoms with Gasteiger partial charge in [0.25, 0.3) is 5.78 Å². The molecular weight excluding hydrogens is 638 g/mol. The van der Waals surface area contributed by atoms with Gasteiger partial charge < -0.3 is 9.84 Å². The summed E-state index contributed by atoms with van der Waals surface area (Å²) in [6.07, 6.45) is 0.837. The minimum absolute atomic E-state index is 0.00625. The number of nitrogens with zero attached hydrogens (tertiary/aromatic N) is 3. The van der Waals surface area contributed by atoms with E-state index in [1.165, 1.54) is 28.0 Å². The smallest absolute Gasteiger partial charge is 0.301 e. The number of thioether (sulfide) groups is 1. The topological polar surface area (TPSA) is 92.6 Å². The normalized spacial score (nSPS) is 15.8. The van der Waals surface area contributed by atoms with Crippen molar-refractivity contribution in [2.45, 2.75) is 43.0 Å². The fourth-order valence-corrected chi connectivity index (χ4v) is 7.15. The van der Waals surface area contributed by atoms with Crippen LogP contribution in [-0.2, 0) is 28.4 Å². The van der Waals surface area contributed by atoms with Gasteiger partial charge in [-0.25, -0.2) is 0 Å². The van der Waals surface area contributed by atoms with Gasteiger partial charge in [-0.15, -0.1) is 10.2 Å². The quantitative estimate of drug-likeness (QED) is 0.0524. The van der Waals surface area contributed by atoms with E-state index in [4.69, 9.17) is 16.3 Å². The predicted molar refractivity (Wildman–Crippen MR) is 183 cm³/mol. The van der Waals surface area contributed by atoms with Gasteiger partial charge in [-0.1, -0.05) is 108 Å². The Morgan fingerprint density at radius 3 is 2.35 bits per heavy atom. The molecule has 4 aromatic carbocycles. The van der Waals surface area contributed by atoms with Gasteiger partial charge in [-0.2, -0.15) is 0 Å². The van der Waals surface area contributed by atoms with Crippen molar-refractivity contribution in [2.75, 3.05) is 4.90 Å². The van der Waals surface area contributed by atoms with E-state index in [1.807, 2.05) is 73.7 Å². The van der Waals surface area contributed by atoms with Gasteiger partial charge in [-0.3, -0.25) is 14.5 Å². The molecule has 1 saturated heterocycles. The zero-order valence-electron chi connectivity index (χ0n) is 25.1. The lowest BCUT2D eigenvalue weighted by molar-refractivity contribution is -0.132. The van der Waals surface area contributed by atoms with Gasteiger partial charge in [0.1, 0.15) is 18.1 Å². The lowest BCUT2D eigenvalue weighted by atomic mass is 9.94. The molecule has 10 heteroatoms. The van der Waals surface area contributed by atoms with Gasteiger partial charge in [0, 0.05) is 16.3 Å². The van der Waals surface area contributed by atoms with Crippen molar-refractivity contribution in [3.05, 3.63) is 141 Å². The Morgan fingerprint density at radius 1 is 0.935 bits per heavy atom. The van der Waals surface area contributed by atoms with E-state index >= 15 is 0 Å². The third-order valence-electron chi connectivity index (χ3n) is 7.64. The van der Waals surface area contributed by atoms with E-state index in [-0.39, 0.29) is 16.5 Å². The van der Waals surface area contributed by atoms with Crippen LogP contribution in [-0.4, -0.2) is 27.0 Å². The molecular formula is C36H30ClN3O4S2. The number of carbonyl (C=O) groups is 2. The minimum atomic E-state index is -0.884. The summed E-state index contributed by atoms with van der Waals surface area (Å²) in [6, 6.07) is 29.3. The Kier molecular flexibility index (Phi) is 9.53. The predicted octanol–water partition coefficient (Wildman–Crippen LogP) is 8.56. The first-order valence-electron chi connectivity index (χ1n) is 14.7. The van der Waals surface area contributed by atoms with Gasteiger partial charge in [0.2, 0.25) is 5.13 Å². The molecule has 0 bridgehead atoms. The maximum Gasteiger partial charge on any atom is 0.301 e. The first-order valence-corrected chi connectivity index (χ1v) is 16.9. The number of carbonyl (C=O) groups excluding carboxylic acids is 2. The molecule has 232 valence electrons. The van der Waals surface area contributed by atoms with Crippen molar-refractivity contribution in [2.24, 2.45) is 0 Å². The number of hydrogen-bond donors (Lipinski definition) is 1. The lowest BCUT2D eigenvalue weighted by Crippen LogP contribution is -2.29. The van der Waals surface area contributed by atoms with Crippen LogP contribution in [0.25, 0.3) is 5.76 Å². The average Bonchev–Trinajstić information content (AvgIpc) is 3.65. The van der Waals surface area contributed by atoms with E-state index in [2.05, 4.69) is 23.2 Å². The number of aryl methyl sites for hydroxylation is 2. The number of rotatable bonds is 10. The highest BCUT2D eigenvalue weighted by Gasteiger charge is 2.48. The maximum absolute atomic E-state index is 13.6. The second-order valence-electron chi connectivity index (χ2n) is 10.8. The van der Waals surface area contributed by atoms with Crippen molar-refractivity contribution in [1.29, 1.82) is 0 Å². The van der Waals surface area contributed by atoms with Gasteiger partial charge in [0.15, 0.2) is 4.34 Å². The molecule has 0 spiro atoms. The molecule has 1 aliphatic rings. The number of hydrogen-bond acceptors (Lipinski definition) is 8. The van der Waals surface area contributed by atoms with Crippen LogP contribution >= 0.6 is 34.7 Å². The summed E-state index contributed by atoms with van der Waals surface area (Å²) < 4.78 is 6.59. The van der Waals surface area contributed by atoms with E-state index < -0.39 is 17.7 Å². The Balaban J connectivity index is 1.30. The minimum Gasteiger partial charge on any atom is -0.507 e. The standard InChI is InChI=1S/C36H30ClN3O4S2/c1-3-23-7-11-26(12-8-23)31-30(32(41)27-13-17-29(18-14-27)44-20-25-6-4-5-22(2)19-25)33(42)34(43)40(31)35-38-39-36(46-35)45-21-24-9-15-28(37)16-10-24/h4-19,31,41H,3,20-21H2,1-2H3/b32-30+. The molecule has 7 nitrogen and oxygen atoms in total. The van der Waals surface area contributed by atoms with Crippen LogP contribution in [0.5, 0.6) is 5.75 Å². The molecule has 0 radical (unpaired) electrons. The maximum atomic E-state index is 13.6. The molecule has 0 aliphatic carbocycles. The summed E-state index contributed by atoms with van der Waals surface area (Å²) >= 11 is 8.71. The summed E-state index contributed by atoms with van der Waals surface area (Å²) in [5.41, 5.74) is 5.44. The van der Waals surface area contributed by atoms with Crippen molar-refractivity contribution >= 4 is 57.3 Å². The second kappa shape index (κ2) is 13.9.